The molecule has 2 aliphatic rings. The zero-order chi connectivity index (χ0) is 11.4. The van der Waals surface area contributed by atoms with Gasteiger partial charge in [-0.3, -0.25) is 4.79 Å². The summed E-state index contributed by atoms with van der Waals surface area (Å²) in [5, 5.41) is 0.878. The molecule has 4 heteroatoms. The SMILES string of the molecule is O=C(C1CCOC1)N(CCBr)C1CCCC1. The zero-order valence-electron chi connectivity index (χ0n) is 9.66. The third kappa shape index (κ3) is 2.77. The Kier molecular flexibility index (Phi) is 4.65. The van der Waals surface area contributed by atoms with Crippen molar-refractivity contribution in [1.29, 1.82) is 0 Å². The van der Waals surface area contributed by atoms with Gasteiger partial charge in [0, 0.05) is 24.5 Å². The van der Waals surface area contributed by atoms with E-state index in [-0.39, 0.29) is 5.92 Å². The minimum Gasteiger partial charge on any atom is -0.381 e. The number of hydrogen-bond acceptors (Lipinski definition) is 2. The van der Waals surface area contributed by atoms with Gasteiger partial charge >= 0.3 is 0 Å². The van der Waals surface area contributed by atoms with E-state index in [9.17, 15) is 4.79 Å². The fourth-order valence-electron chi connectivity index (χ4n) is 2.74. The lowest BCUT2D eigenvalue weighted by Crippen LogP contribution is -2.43. The normalized spacial score (nSPS) is 26.2. The number of halogens is 1. The van der Waals surface area contributed by atoms with E-state index in [0.717, 1.165) is 24.9 Å². The van der Waals surface area contributed by atoms with Crippen molar-refractivity contribution in [3.8, 4) is 0 Å². The molecule has 0 aromatic carbocycles. The second kappa shape index (κ2) is 6.01. The van der Waals surface area contributed by atoms with Crippen molar-refractivity contribution in [1.82, 2.24) is 4.90 Å². The number of carbonyl (C=O) groups is 1. The Bertz CT molecular complexity index is 235. The van der Waals surface area contributed by atoms with Crippen LogP contribution in [0.2, 0.25) is 0 Å². The highest BCUT2D eigenvalue weighted by atomic mass is 79.9. The van der Waals surface area contributed by atoms with Crippen LogP contribution in [0.5, 0.6) is 0 Å². The number of hydrogen-bond donors (Lipinski definition) is 0. The summed E-state index contributed by atoms with van der Waals surface area (Å²) in [7, 11) is 0. The summed E-state index contributed by atoms with van der Waals surface area (Å²) in [4.78, 5) is 14.4. The van der Waals surface area contributed by atoms with Crippen LogP contribution in [0.25, 0.3) is 0 Å². The molecule has 92 valence electrons. The molecule has 0 bridgehead atoms. The lowest BCUT2D eigenvalue weighted by molar-refractivity contribution is -0.137. The summed E-state index contributed by atoms with van der Waals surface area (Å²) in [5.74, 6) is 0.448. The molecule has 1 atom stereocenters. The van der Waals surface area contributed by atoms with E-state index < -0.39 is 0 Å². The molecule has 1 heterocycles. The van der Waals surface area contributed by atoms with Crippen molar-refractivity contribution in [2.45, 2.75) is 38.1 Å². The largest absolute Gasteiger partial charge is 0.381 e. The van der Waals surface area contributed by atoms with Crippen LogP contribution in [-0.4, -0.2) is 41.9 Å². The number of carbonyl (C=O) groups excluding carboxylic acids is 1. The van der Waals surface area contributed by atoms with Gasteiger partial charge in [0.1, 0.15) is 0 Å². The van der Waals surface area contributed by atoms with E-state index in [4.69, 9.17) is 4.74 Å². The van der Waals surface area contributed by atoms with Gasteiger partial charge in [0.05, 0.1) is 12.5 Å². The van der Waals surface area contributed by atoms with Gasteiger partial charge in [-0.05, 0) is 19.3 Å². The van der Waals surface area contributed by atoms with Crippen LogP contribution in [0.4, 0.5) is 0 Å². The maximum absolute atomic E-state index is 12.3. The molecule has 3 nitrogen and oxygen atoms in total. The Hall–Kier alpha value is -0.0900. The number of alkyl halides is 1. The fourth-order valence-corrected chi connectivity index (χ4v) is 3.13. The Morgan fingerprint density at radius 1 is 1.31 bits per heavy atom. The van der Waals surface area contributed by atoms with E-state index in [1.807, 2.05) is 0 Å². The monoisotopic (exact) mass is 289 g/mol. The number of rotatable bonds is 4. The third-order valence-electron chi connectivity index (χ3n) is 3.65. The first-order valence-corrected chi connectivity index (χ1v) is 7.39. The molecule has 0 aromatic rings. The smallest absolute Gasteiger partial charge is 0.228 e. The lowest BCUT2D eigenvalue weighted by Gasteiger charge is -2.30. The summed E-state index contributed by atoms with van der Waals surface area (Å²) in [5.41, 5.74) is 0. The van der Waals surface area contributed by atoms with E-state index >= 15 is 0 Å². The Morgan fingerprint density at radius 2 is 2.06 bits per heavy atom. The van der Waals surface area contributed by atoms with Gasteiger partial charge in [-0.15, -0.1) is 0 Å². The van der Waals surface area contributed by atoms with Crippen LogP contribution < -0.4 is 0 Å². The summed E-state index contributed by atoms with van der Waals surface area (Å²) in [6.45, 7) is 2.23. The van der Waals surface area contributed by atoms with Crippen LogP contribution in [0.15, 0.2) is 0 Å². The average molecular weight is 290 g/mol. The molecular formula is C12H20BrNO2. The van der Waals surface area contributed by atoms with Gasteiger partial charge in [-0.2, -0.15) is 0 Å². The van der Waals surface area contributed by atoms with Gasteiger partial charge in [0.25, 0.3) is 0 Å². The van der Waals surface area contributed by atoms with Crippen LogP contribution in [0, 0.1) is 5.92 Å². The van der Waals surface area contributed by atoms with Gasteiger partial charge in [-0.25, -0.2) is 0 Å². The van der Waals surface area contributed by atoms with Gasteiger partial charge in [0.2, 0.25) is 5.91 Å². The predicted octanol–water partition coefficient (Wildman–Crippen LogP) is 2.19. The molecule has 1 amide bonds. The van der Waals surface area contributed by atoms with Crippen molar-refractivity contribution in [3.63, 3.8) is 0 Å². The molecule has 0 N–H and O–H groups in total. The summed E-state index contributed by atoms with van der Waals surface area (Å²) in [6, 6.07) is 0.491. The van der Waals surface area contributed by atoms with Crippen molar-refractivity contribution in [2.24, 2.45) is 5.92 Å². The standard InChI is InChI=1S/C12H20BrNO2/c13-6-7-14(11-3-1-2-4-11)12(15)10-5-8-16-9-10/h10-11H,1-9H2. The van der Waals surface area contributed by atoms with Crippen LogP contribution in [-0.2, 0) is 9.53 Å². The van der Waals surface area contributed by atoms with E-state index in [2.05, 4.69) is 20.8 Å². The Morgan fingerprint density at radius 3 is 2.62 bits per heavy atom. The second-order valence-corrected chi connectivity index (χ2v) is 5.51. The molecule has 1 aliphatic carbocycles. The van der Waals surface area contributed by atoms with Gasteiger partial charge in [-0.1, -0.05) is 28.8 Å². The Balaban J connectivity index is 1.96. The lowest BCUT2D eigenvalue weighted by atomic mass is 10.1. The third-order valence-corrected chi connectivity index (χ3v) is 4.01. The van der Waals surface area contributed by atoms with E-state index in [1.165, 1.54) is 25.7 Å². The van der Waals surface area contributed by atoms with Crippen molar-refractivity contribution in [2.75, 3.05) is 25.1 Å². The molecule has 2 rings (SSSR count). The molecular weight excluding hydrogens is 270 g/mol. The fraction of sp³-hybridized carbons (Fsp3) is 0.917. The predicted molar refractivity (Wildman–Crippen MR) is 66.7 cm³/mol. The van der Waals surface area contributed by atoms with Crippen LogP contribution >= 0.6 is 15.9 Å². The number of nitrogens with zero attached hydrogens (tertiary/aromatic N) is 1. The number of ether oxygens (including phenoxy) is 1. The highest BCUT2D eigenvalue weighted by molar-refractivity contribution is 9.09. The average Bonchev–Trinajstić information content (AvgIpc) is 2.96. The zero-order valence-corrected chi connectivity index (χ0v) is 11.2. The van der Waals surface area contributed by atoms with Crippen LogP contribution in [0.3, 0.4) is 0 Å². The molecule has 0 radical (unpaired) electrons. The first kappa shape index (κ1) is 12.4. The second-order valence-electron chi connectivity index (χ2n) is 4.72. The number of amides is 1. The van der Waals surface area contributed by atoms with Crippen molar-refractivity contribution < 1.29 is 9.53 Å². The van der Waals surface area contributed by atoms with E-state index in [0.29, 0.717) is 18.6 Å². The quantitative estimate of drug-likeness (QED) is 0.743. The minimum atomic E-state index is 0.125. The first-order chi connectivity index (χ1) is 7.83. The topological polar surface area (TPSA) is 29.5 Å². The first-order valence-electron chi connectivity index (χ1n) is 6.27. The van der Waals surface area contributed by atoms with Crippen LogP contribution in [0.1, 0.15) is 32.1 Å². The maximum Gasteiger partial charge on any atom is 0.228 e. The maximum atomic E-state index is 12.3. The molecule has 0 aromatic heterocycles. The Labute approximate surface area is 106 Å². The van der Waals surface area contributed by atoms with Gasteiger partial charge in [0.15, 0.2) is 0 Å². The minimum absolute atomic E-state index is 0.125. The molecule has 1 saturated heterocycles. The molecule has 2 fully saturated rings. The van der Waals surface area contributed by atoms with Crippen molar-refractivity contribution in [3.05, 3.63) is 0 Å². The summed E-state index contributed by atoms with van der Waals surface area (Å²) in [6.07, 6.45) is 5.83. The van der Waals surface area contributed by atoms with E-state index in [1.54, 1.807) is 0 Å². The van der Waals surface area contributed by atoms with Gasteiger partial charge < -0.3 is 9.64 Å². The molecule has 0 spiro atoms. The summed E-state index contributed by atoms with van der Waals surface area (Å²) < 4.78 is 5.31. The van der Waals surface area contributed by atoms with Crippen molar-refractivity contribution >= 4 is 21.8 Å². The highest BCUT2D eigenvalue weighted by Gasteiger charge is 2.32. The molecule has 16 heavy (non-hydrogen) atoms. The molecule has 1 unspecified atom stereocenters. The highest BCUT2D eigenvalue weighted by Crippen LogP contribution is 2.26. The molecule has 1 aliphatic heterocycles. The summed E-state index contributed by atoms with van der Waals surface area (Å²) >= 11 is 3.45. The molecule has 1 saturated carbocycles.